The molecule has 2 N–H and O–H groups in total. The molecule has 0 atom stereocenters. The monoisotopic (exact) mass is 257 g/mol. The molecule has 102 valence electrons. The summed E-state index contributed by atoms with van der Waals surface area (Å²) in [6.45, 7) is 6.36. The van der Waals surface area contributed by atoms with E-state index < -0.39 is 0 Å². The van der Waals surface area contributed by atoms with Gasteiger partial charge in [0.15, 0.2) is 0 Å². The lowest BCUT2D eigenvalue weighted by molar-refractivity contribution is 0.833. The number of aliphatic imine (C=N–C) groups is 1. The number of nitrogen functional groups attached to an aromatic ring is 1. The molecule has 0 aromatic carbocycles. The van der Waals surface area contributed by atoms with Crippen LogP contribution in [0.1, 0.15) is 51.5 Å². The average Bonchev–Trinajstić information content (AvgIpc) is 2.41. The zero-order valence-electron chi connectivity index (χ0n) is 12.2. The fourth-order valence-corrected chi connectivity index (χ4v) is 2.44. The molecule has 0 bridgehead atoms. The molecule has 0 radical (unpaired) electrons. The van der Waals surface area contributed by atoms with Crippen LogP contribution < -0.4 is 16.3 Å². The van der Waals surface area contributed by atoms with Gasteiger partial charge in [-0.25, -0.2) is 4.98 Å². The zero-order valence-corrected chi connectivity index (χ0v) is 12.2. The van der Waals surface area contributed by atoms with Crippen LogP contribution in [0.5, 0.6) is 0 Å². The number of pyridine rings is 1. The lowest BCUT2D eigenvalue weighted by Crippen LogP contribution is -2.33. The number of fused-ring (bicyclic) bond motifs is 1. The van der Waals surface area contributed by atoms with Crippen molar-refractivity contribution in [2.75, 3.05) is 5.73 Å². The summed E-state index contributed by atoms with van der Waals surface area (Å²) in [5.41, 5.74) is 9.23. The van der Waals surface area contributed by atoms with Crippen LogP contribution in [-0.2, 0) is 0 Å². The van der Waals surface area contributed by atoms with E-state index in [1.807, 2.05) is 0 Å². The molecule has 2 rings (SSSR count). The number of rotatable bonds is 4. The minimum atomic E-state index is 0.554. The molecule has 1 aliphatic rings. The van der Waals surface area contributed by atoms with E-state index in [-0.39, 0.29) is 0 Å². The second kappa shape index (κ2) is 6.00. The molecule has 3 nitrogen and oxygen atoms in total. The lowest BCUT2D eigenvalue weighted by Gasteiger charge is -2.09. The number of nitrogens with two attached hydrogens (primary N) is 1. The summed E-state index contributed by atoms with van der Waals surface area (Å²) >= 11 is 0. The summed E-state index contributed by atoms with van der Waals surface area (Å²) in [5.74, 6) is 0.554. The summed E-state index contributed by atoms with van der Waals surface area (Å²) in [6.07, 6.45) is 9.93. The Kier molecular flexibility index (Phi) is 4.35. The molecule has 0 fully saturated rings. The Morgan fingerprint density at radius 1 is 1.37 bits per heavy atom. The fraction of sp³-hybridized carbons (Fsp3) is 0.500. The number of anilines is 1. The molecular formula is C16H23N3. The van der Waals surface area contributed by atoms with Crippen LogP contribution in [0.4, 0.5) is 11.5 Å². The molecule has 0 saturated heterocycles. The lowest BCUT2D eigenvalue weighted by atomic mass is 10.1. The van der Waals surface area contributed by atoms with Crippen molar-refractivity contribution in [2.45, 2.75) is 52.9 Å². The van der Waals surface area contributed by atoms with E-state index in [4.69, 9.17) is 10.7 Å². The first-order chi connectivity index (χ1) is 9.13. The second-order valence-corrected chi connectivity index (χ2v) is 5.21. The highest BCUT2D eigenvalue weighted by Gasteiger charge is 2.08. The quantitative estimate of drug-likeness (QED) is 0.843. The van der Waals surface area contributed by atoms with Crippen molar-refractivity contribution in [1.82, 2.24) is 4.98 Å². The SMILES string of the molecule is CCCCC(C)=Nc1c(N)nc2c(c1C)=CCCC=2. The molecule has 0 unspecified atom stereocenters. The van der Waals surface area contributed by atoms with Gasteiger partial charge in [-0.2, -0.15) is 0 Å². The smallest absolute Gasteiger partial charge is 0.150 e. The predicted molar refractivity (Wildman–Crippen MR) is 83.1 cm³/mol. The Morgan fingerprint density at radius 3 is 2.84 bits per heavy atom. The van der Waals surface area contributed by atoms with Crippen LogP contribution >= 0.6 is 0 Å². The van der Waals surface area contributed by atoms with Crippen LogP contribution in [0.3, 0.4) is 0 Å². The van der Waals surface area contributed by atoms with Gasteiger partial charge in [-0.1, -0.05) is 25.5 Å². The molecule has 1 aromatic heterocycles. The van der Waals surface area contributed by atoms with E-state index in [1.165, 1.54) is 18.1 Å². The molecule has 1 aromatic rings. The number of hydrogen-bond donors (Lipinski definition) is 1. The average molecular weight is 257 g/mol. The summed E-state index contributed by atoms with van der Waals surface area (Å²) < 4.78 is 0. The van der Waals surface area contributed by atoms with Gasteiger partial charge in [0, 0.05) is 10.9 Å². The molecule has 0 aliphatic heterocycles. The number of hydrogen-bond acceptors (Lipinski definition) is 3. The zero-order chi connectivity index (χ0) is 13.8. The minimum absolute atomic E-state index is 0.554. The first-order valence-corrected chi connectivity index (χ1v) is 7.14. The van der Waals surface area contributed by atoms with Gasteiger partial charge in [0.2, 0.25) is 0 Å². The van der Waals surface area contributed by atoms with Crippen molar-refractivity contribution >= 4 is 29.4 Å². The Balaban J connectivity index is 2.48. The summed E-state index contributed by atoms with van der Waals surface area (Å²) in [7, 11) is 0. The molecule has 1 heterocycles. The van der Waals surface area contributed by atoms with E-state index >= 15 is 0 Å². The number of aromatic nitrogens is 1. The van der Waals surface area contributed by atoms with E-state index in [0.717, 1.165) is 41.6 Å². The van der Waals surface area contributed by atoms with Crippen molar-refractivity contribution < 1.29 is 0 Å². The molecule has 0 spiro atoms. The fourth-order valence-electron chi connectivity index (χ4n) is 2.44. The summed E-state index contributed by atoms with van der Waals surface area (Å²) in [5, 5.41) is 2.23. The van der Waals surface area contributed by atoms with Crippen LogP contribution in [0.25, 0.3) is 12.2 Å². The van der Waals surface area contributed by atoms with Gasteiger partial charge in [0.25, 0.3) is 0 Å². The van der Waals surface area contributed by atoms with Crippen molar-refractivity contribution in [2.24, 2.45) is 4.99 Å². The molecule has 1 aliphatic carbocycles. The normalized spacial score (nSPS) is 14.6. The van der Waals surface area contributed by atoms with Crippen LogP contribution in [0.2, 0.25) is 0 Å². The van der Waals surface area contributed by atoms with Crippen molar-refractivity contribution in [3.8, 4) is 0 Å². The van der Waals surface area contributed by atoms with Gasteiger partial charge < -0.3 is 5.73 Å². The molecule has 19 heavy (non-hydrogen) atoms. The highest BCUT2D eigenvalue weighted by molar-refractivity contribution is 5.86. The highest BCUT2D eigenvalue weighted by atomic mass is 14.9. The standard InChI is InChI=1S/C16H23N3/c1-4-5-8-11(2)18-15-12(3)13-9-6-7-10-14(13)19-16(15)17/h9-10H,4-8H2,1-3H3,(H2,17,19). The molecule has 0 amide bonds. The van der Waals surface area contributed by atoms with Gasteiger partial charge in [-0.3, -0.25) is 4.99 Å². The van der Waals surface area contributed by atoms with Gasteiger partial charge in [0.1, 0.15) is 11.5 Å². The topological polar surface area (TPSA) is 51.3 Å². The number of nitrogens with zero attached hydrogens (tertiary/aromatic N) is 2. The highest BCUT2D eigenvalue weighted by Crippen LogP contribution is 2.22. The first-order valence-electron chi connectivity index (χ1n) is 7.14. The maximum absolute atomic E-state index is 6.07. The Bertz CT molecular complexity index is 612. The largest absolute Gasteiger partial charge is 0.382 e. The van der Waals surface area contributed by atoms with Crippen LogP contribution in [0.15, 0.2) is 4.99 Å². The maximum Gasteiger partial charge on any atom is 0.150 e. The van der Waals surface area contributed by atoms with Crippen molar-refractivity contribution in [1.29, 1.82) is 0 Å². The van der Waals surface area contributed by atoms with Crippen molar-refractivity contribution in [3.63, 3.8) is 0 Å². The van der Waals surface area contributed by atoms with Crippen molar-refractivity contribution in [3.05, 3.63) is 16.1 Å². The Hall–Kier alpha value is -1.64. The van der Waals surface area contributed by atoms with E-state index in [1.54, 1.807) is 0 Å². The summed E-state index contributed by atoms with van der Waals surface area (Å²) in [4.78, 5) is 9.19. The van der Waals surface area contributed by atoms with Gasteiger partial charge in [-0.15, -0.1) is 0 Å². The Labute approximate surface area is 115 Å². The van der Waals surface area contributed by atoms with Crippen LogP contribution in [0, 0.1) is 6.92 Å². The van der Waals surface area contributed by atoms with Gasteiger partial charge >= 0.3 is 0 Å². The van der Waals surface area contributed by atoms with Gasteiger partial charge in [0.05, 0.1) is 5.35 Å². The third kappa shape index (κ3) is 3.03. The maximum atomic E-state index is 6.07. The minimum Gasteiger partial charge on any atom is -0.382 e. The van der Waals surface area contributed by atoms with E-state index in [9.17, 15) is 0 Å². The van der Waals surface area contributed by atoms with Crippen LogP contribution in [-0.4, -0.2) is 10.7 Å². The van der Waals surface area contributed by atoms with E-state index in [0.29, 0.717) is 5.82 Å². The molecule has 3 heteroatoms. The third-order valence-electron chi connectivity index (χ3n) is 3.57. The van der Waals surface area contributed by atoms with Gasteiger partial charge in [-0.05, 0) is 45.1 Å². The number of unbranched alkanes of at least 4 members (excludes halogenated alkanes) is 1. The molecular weight excluding hydrogens is 234 g/mol. The van der Waals surface area contributed by atoms with E-state index in [2.05, 4.69) is 37.9 Å². The third-order valence-corrected chi connectivity index (χ3v) is 3.57. The second-order valence-electron chi connectivity index (χ2n) is 5.21. The molecule has 0 saturated carbocycles. The summed E-state index contributed by atoms with van der Waals surface area (Å²) in [6, 6.07) is 0. The Morgan fingerprint density at radius 2 is 2.11 bits per heavy atom. The predicted octanol–water partition coefficient (Wildman–Crippen LogP) is 2.61. The first kappa shape index (κ1) is 13.8.